The van der Waals surface area contributed by atoms with Crippen LogP contribution >= 0.6 is 0 Å². The topological polar surface area (TPSA) is 64.7 Å². The second-order valence-corrected chi connectivity index (χ2v) is 7.65. The Balaban J connectivity index is 1.34. The second-order valence-electron chi connectivity index (χ2n) is 7.65. The Labute approximate surface area is 165 Å². The molecule has 1 fully saturated rings. The normalized spacial score (nSPS) is 17.2. The summed E-state index contributed by atoms with van der Waals surface area (Å²) in [6.45, 7) is 3.23. The van der Waals surface area contributed by atoms with Crippen LogP contribution in [0.1, 0.15) is 21.5 Å². The molecular formula is C22H26N4O2. The third-order valence-corrected chi connectivity index (χ3v) is 5.54. The summed E-state index contributed by atoms with van der Waals surface area (Å²) < 4.78 is 0. The number of rotatable bonds is 3. The first-order valence-corrected chi connectivity index (χ1v) is 9.80. The van der Waals surface area contributed by atoms with E-state index in [-0.39, 0.29) is 18.0 Å². The summed E-state index contributed by atoms with van der Waals surface area (Å²) >= 11 is 0. The highest BCUT2D eigenvalue weighted by Gasteiger charge is 2.23. The van der Waals surface area contributed by atoms with Gasteiger partial charge in [0.1, 0.15) is 0 Å². The maximum absolute atomic E-state index is 12.7. The fraction of sp³-hybridized carbons (Fsp3) is 0.364. The first kappa shape index (κ1) is 18.5. The second kappa shape index (κ2) is 8.02. The number of carbonyl (C=O) groups excluding carboxylic acids is 2. The lowest BCUT2D eigenvalue weighted by molar-refractivity contribution is 0.0664. The molecule has 2 N–H and O–H groups in total. The Morgan fingerprint density at radius 2 is 1.61 bits per heavy atom. The quantitative estimate of drug-likeness (QED) is 0.862. The Kier molecular flexibility index (Phi) is 5.30. The third kappa shape index (κ3) is 4.17. The molecule has 28 heavy (non-hydrogen) atoms. The predicted octanol–water partition coefficient (Wildman–Crippen LogP) is 2.36. The first-order valence-electron chi connectivity index (χ1n) is 9.80. The molecule has 4 rings (SSSR count). The lowest BCUT2D eigenvalue weighted by Gasteiger charge is -2.32. The van der Waals surface area contributed by atoms with E-state index < -0.39 is 0 Å². The zero-order valence-corrected chi connectivity index (χ0v) is 16.1. The number of piperazine rings is 1. The van der Waals surface area contributed by atoms with Crippen LogP contribution < -0.4 is 10.6 Å². The van der Waals surface area contributed by atoms with Gasteiger partial charge in [-0.2, -0.15) is 0 Å². The average molecular weight is 378 g/mol. The van der Waals surface area contributed by atoms with E-state index in [1.54, 1.807) is 12.1 Å². The molecule has 0 saturated carbocycles. The van der Waals surface area contributed by atoms with E-state index >= 15 is 0 Å². The molecule has 1 heterocycles. The summed E-state index contributed by atoms with van der Waals surface area (Å²) in [5.41, 5.74) is 3.84. The number of urea groups is 1. The highest BCUT2D eigenvalue weighted by atomic mass is 16.2. The Morgan fingerprint density at radius 3 is 2.29 bits per heavy atom. The van der Waals surface area contributed by atoms with Gasteiger partial charge in [-0.05, 0) is 49.2 Å². The van der Waals surface area contributed by atoms with Gasteiger partial charge < -0.3 is 20.4 Å². The summed E-state index contributed by atoms with van der Waals surface area (Å²) in [5.74, 6) is 0.0170. The average Bonchev–Trinajstić information content (AvgIpc) is 3.10. The molecule has 1 aliphatic carbocycles. The fourth-order valence-electron chi connectivity index (χ4n) is 3.94. The van der Waals surface area contributed by atoms with Gasteiger partial charge >= 0.3 is 6.03 Å². The molecule has 2 aromatic carbocycles. The molecule has 0 aromatic heterocycles. The van der Waals surface area contributed by atoms with Crippen molar-refractivity contribution in [1.29, 1.82) is 0 Å². The number of anilines is 1. The molecule has 0 atom stereocenters. The molecule has 1 saturated heterocycles. The van der Waals surface area contributed by atoms with Gasteiger partial charge in [0.15, 0.2) is 0 Å². The van der Waals surface area contributed by atoms with Gasteiger partial charge in [-0.25, -0.2) is 4.79 Å². The number of likely N-dealkylation sites (N-methyl/N-ethyl adjacent to an activating group) is 1. The van der Waals surface area contributed by atoms with Crippen molar-refractivity contribution in [2.75, 3.05) is 38.5 Å². The van der Waals surface area contributed by atoms with Crippen molar-refractivity contribution in [2.24, 2.45) is 0 Å². The molecule has 6 nitrogen and oxygen atoms in total. The predicted molar refractivity (Wildman–Crippen MR) is 110 cm³/mol. The van der Waals surface area contributed by atoms with E-state index in [1.807, 2.05) is 29.2 Å². The molecule has 146 valence electrons. The minimum Gasteiger partial charge on any atom is -0.336 e. The van der Waals surface area contributed by atoms with Gasteiger partial charge in [0.05, 0.1) is 0 Å². The number of amides is 3. The number of hydrogen-bond donors (Lipinski definition) is 2. The molecule has 6 heteroatoms. The van der Waals surface area contributed by atoms with Gasteiger partial charge in [0.25, 0.3) is 5.91 Å². The highest BCUT2D eigenvalue weighted by molar-refractivity contribution is 5.97. The van der Waals surface area contributed by atoms with Crippen molar-refractivity contribution in [3.8, 4) is 0 Å². The molecule has 2 aliphatic rings. The molecule has 3 amide bonds. The van der Waals surface area contributed by atoms with Crippen LogP contribution in [0.15, 0.2) is 48.5 Å². The minimum absolute atomic E-state index is 0.0170. The van der Waals surface area contributed by atoms with Crippen LogP contribution in [0.3, 0.4) is 0 Å². The lowest BCUT2D eigenvalue weighted by Crippen LogP contribution is -2.47. The van der Waals surface area contributed by atoms with Crippen LogP contribution in [0.2, 0.25) is 0 Å². The van der Waals surface area contributed by atoms with E-state index in [0.29, 0.717) is 11.3 Å². The van der Waals surface area contributed by atoms with Crippen molar-refractivity contribution in [1.82, 2.24) is 15.1 Å². The Morgan fingerprint density at radius 1 is 0.929 bits per heavy atom. The lowest BCUT2D eigenvalue weighted by atomic mass is 10.1. The Bertz CT molecular complexity index is 849. The van der Waals surface area contributed by atoms with Crippen molar-refractivity contribution >= 4 is 17.6 Å². The maximum atomic E-state index is 12.7. The number of nitrogens with zero attached hydrogens (tertiary/aromatic N) is 2. The summed E-state index contributed by atoms with van der Waals surface area (Å²) in [5, 5.41) is 5.91. The minimum atomic E-state index is -0.234. The molecule has 0 bridgehead atoms. The number of carbonyl (C=O) groups is 2. The van der Waals surface area contributed by atoms with Gasteiger partial charge in [0, 0.05) is 43.5 Å². The van der Waals surface area contributed by atoms with Crippen molar-refractivity contribution in [2.45, 2.75) is 18.9 Å². The molecule has 2 aromatic rings. The van der Waals surface area contributed by atoms with Crippen LogP contribution in [-0.4, -0.2) is 61.0 Å². The van der Waals surface area contributed by atoms with Gasteiger partial charge in [-0.3, -0.25) is 4.79 Å². The zero-order chi connectivity index (χ0) is 19.5. The molecule has 0 radical (unpaired) electrons. The number of fused-ring (bicyclic) bond motifs is 1. The fourth-order valence-corrected chi connectivity index (χ4v) is 3.94. The third-order valence-electron chi connectivity index (χ3n) is 5.54. The maximum Gasteiger partial charge on any atom is 0.319 e. The van der Waals surface area contributed by atoms with Crippen molar-refractivity contribution in [3.05, 3.63) is 65.2 Å². The number of hydrogen-bond acceptors (Lipinski definition) is 3. The van der Waals surface area contributed by atoms with Crippen LogP contribution in [0.4, 0.5) is 10.5 Å². The summed E-state index contributed by atoms with van der Waals surface area (Å²) in [4.78, 5) is 29.2. The number of benzene rings is 2. The van der Waals surface area contributed by atoms with Crippen molar-refractivity contribution < 1.29 is 9.59 Å². The molecular weight excluding hydrogens is 352 g/mol. The summed E-state index contributed by atoms with van der Waals surface area (Å²) in [6, 6.07) is 15.3. The molecule has 0 spiro atoms. The smallest absolute Gasteiger partial charge is 0.319 e. The SMILES string of the molecule is CN1CCN(C(=O)c2cccc(NC(=O)NC3Cc4ccccc4C3)c2)CC1. The van der Waals surface area contributed by atoms with Gasteiger partial charge in [0.2, 0.25) is 0 Å². The summed E-state index contributed by atoms with van der Waals surface area (Å²) in [7, 11) is 2.06. The van der Waals surface area contributed by atoms with Crippen LogP contribution in [0.25, 0.3) is 0 Å². The largest absolute Gasteiger partial charge is 0.336 e. The van der Waals surface area contributed by atoms with E-state index in [0.717, 1.165) is 39.0 Å². The number of nitrogens with one attached hydrogen (secondary N) is 2. The monoisotopic (exact) mass is 378 g/mol. The van der Waals surface area contributed by atoms with Gasteiger partial charge in [-0.1, -0.05) is 30.3 Å². The van der Waals surface area contributed by atoms with Crippen LogP contribution in [0.5, 0.6) is 0 Å². The standard InChI is InChI=1S/C22H26N4O2/c1-25-9-11-26(12-10-25)21(27)18-7-4-8-19(15-18)23-22(28)24-20-13-16-5-2-3-6-17(16)14-20/h2-8,15,20H,9-14H2,1H3,(H2,23,24,28). The molecule has 0 unspecified atom stereocenters. The van der Waals surface area contributed by atoms with E-state index in [2.05, 4.69) is 34.7 Å². The Hall–Kier alpha value is -2.86. The van der Waals surface area contributed by atoms with E-state index in [4.69, 9.17) is 0 Å². The van der Waals surface area contributed by atoms with E-state index in [1.165, 1.54) is 11.1 Å². The first-order chi connectivity index (χ1) is 13.6. The zero-order valence-electron chi connectivity index (χ0n) is 16.1. The molecule has 1 aliphatic heterocycles. The van der Waals surface area contributed by atoms with Crippen LogP contribution in [-0.2, 0) is 12.8 Å². The van der Waals surface area contributed by atoms with Crippen LogP contribution in [0, 0.1) is 0 Å². The van der Waals surface area contributed by atoms with Crippen molar-refractivity contribution in [3.63, 3.8) is 0 Å². The van der Waals surface area contributed by atoms with Gasteiger partial charge in [-0.15, -0.1) is 0 Å². The summed E-state index contributed by atoms with van der Waals surface area (Å²) in [6.07, 6.45) is 1.71. The van der Waals surface area contributed by atoms with E-state index in [9.17, 15) is 9.59 Å². The highest BCUT2D eigenvalue weighted by Crippen LogP contribution is 2.22.